The van der Waals surface area contributed by atoms with Crippen LogP contribution in [0.15, 0.2) is 12.1 Å². The number of hydrogen-bond acceptors (Lipinski definition) is 1. The van der Waals surface area contributed by atoms with Crippen molar-refractivity contribution in [1.29, 1.82) is 0 Å². The van der Waals surface area contributed by atoms with Crippen LogP contribution in [0.2, 0.25) is 0 Å². The molecule has 0 saturated heterocycles. The number of nitrogens with one attached hydrogen (secondary N) is 1. The first-order chi connectivity index (χ1) is 5.50. The first-order valence-electron chi connectivity index (χ1n) is 4.72. The van der Waals surface area contributed by atoms with E-state index in [4.69, 9.17) is 0 Å². The van der Waals surface area contributed by atoms with Gasteiger partial charge >= 0.3 is 0 Å². The Hall–Kier alpha value is -0.235. The van der Waals surface area contributed by atoms with Gasteiger partial charge in [-0.3, -0.25) is 0 Å². The van der Waals surface area contributed by atoms with Gasteiger partial charge in [0.2, 0.25) is 7.41 Å². The molecule has 1 radical (unpaired) electrons. The van der Waals surface area contributed by atoms with Crippen molar-refractivity contribution >= 4 is 7.41 Å². The van der Waals surface area contributed by atoms with E-state index >= 15 is 0 Å². The van der Waals surface area contributed by atoms with Crippen molar-refractivity contribution in [2.24, 2.45) is 0 Å². The standard InChI is InChI=1S/C9H17BN/c1-2-4-6-8-10-11-9-7-5-3-1/h6,8,11H,1-5,7,9H2/b8-6-. The summed E-state index contributed by atoms with van der Waals surface area (Å²) in [5.74, 6) is 2.13. The van der Waals surface area contributed by atoms with Crippen LogP contribution in [-0.4, -0.2) is 14.0 Å². The molecule has 1 heterocycles. The van der Waals surface area contributed by atoms with E-state index in [-0.39, 0.29) is 0 Å². The summed E-state index contributed by atoms with van der Waals surface area (Å²) in [7, 11) is 2.06. The SMILES string of the molecule is [B]1/C=C\CCCCCCCN1. The Morgan fingerprint density at radius 3 is 2.82 bits per heavy atom. The van der Waals surface area contributed by atoms with E-state index in [2.05, 4.69) is 24.7 Å². The minimum Gasteiger partial charge on any atom is -0.357 e. The third kappa shape index (κ3) is 5.08. The van der Waals surface area contributed by atoms with Gasteiger partial charge < -0.3 is 5.23 Å². The van der Waals surface area contributed by atoms with Gasteiger partial charge in [-0.15, -0.1) is 5.98 Å². The van der Waals surface area contributed by atoms with Crippen molar-refractivity contribution in [2.45, 2.75) is 38.5 Å². The van der Waals surface area contributed by atoms with Crippen molar-refractivity contribution in [2.75, 3.05) is 6.54 Å². The Morgan fingerprint density at radius 1 is 1.00 bits per heavy atom. The van der Waals surface area contributed by atoms with E-state index in [1.54, 1.807) is 0 Å². The molecule has 0 aliphatic carbocycles. The van der Waals surface area contributed by atoms with Gasteiger partial charge in [0.05, 0.1) is 0 Å². The fourth-order valence-corrected chi connectivity index (χ4v) is 1.34. The van der Waals surface area contributed by atoms with E-state index in [1.807, 2.05) is 0 Å². The Balaban J connectivity index is 2.11. The highest BCUT2D eigenvalue weighted by Crippen LogP contribution is 2.05. The first kappa shape index (κ1) is 8.86. The molecule has 0 aromatic carbocycles. The largest absolute Gasteiger partial charge is 0.357 e. The zero-order chi connectivity index (χ0) is 7.78. The molecule has 1 aliphatic rings. The summed E-state index contributed by atoms with van der Waals surface area (Å²) in [6, 6.07) is 0. The lowest BCUT2D eigenvalue weighted by molar-refractivity contribution is 0.616. The maximum atomic E-state index is 3.27. The highest BCUT2D eigenvalue weighted by Gasteiger charge is 1.92. The van der Waals surface area contributed by atoms with E-state index in [1.165, 1.54) is 38.5 Å². The maximum Gasteiger partial charge on any atom is 0.236 e. The molecule has 0 spiro atoms. The second-order valence-electron chi connectivity index (χ2n) is 3.11. The summed E-state index contributed by atoms with van der Waals surface area (Å²) in [5.41, 5.74) is 0. The van der Waals surface area contributed by atoms with E-state index in [0.29, 0.717) is 0 Å². The lowest BCUT2D eigenvalue weighted by Gasteiger charge is -1.99. The summed E-state index contributed by atoms with van der Waals surface area (Å²) >= 11 is 0. The molecule has 1 nitrogen and oxygen atoms in total. The highest BCUT2D eigenvalue weighted by molar-refractivity contribution is 6.38. The van der Waals surface area contributed by atoms with Crippen molar-refractivity contribution < 1.29 is 0 Å². The predicted octanol–water partition coefficient (Wildman–Crippen LogP) is 2.06. The predicted molar refractivity (Wildman–Crippen MR) is 50.6 cm³/mol. The molecular formula is C9H17BN. The lowest BCUT2D eigenvalue weighted by atomic mass is 9.93. The molecular weight excluding hydrogens is 133 g/mol. The van der Waals surface area contributed by atoms with E-state index in [9.17, 15) is 0 Å². The number of allylic oxidation sites excluding steroid dienone is 1. The molecule has 61 valence electrons. The van der Waals surface area contributed by atoms with Crippen LogP contribution >= 0.6 is 0 Å². The van der Waals surface area contributed by atoms with E-state index < -0.39 is 0 Å². The number of rotatable bonds is 0. The van der Waals surface area contributed by atoms with Gasteiger partial charge in [-0.2, -0.15) is 0 Å². The van der Waals surface area contributed by atoms with Crippen LogP contribution in [0.25, 0.3) is 0 Å². The van der Waals surface area contributed by atoms with Gasteiger partial charge in [0.15, 0.2) is 0 Å². The Kier molecular flexibility index (Phi) is 5.21. The highest BCUT2D eigenvalue weighted by atomic mass is 14.7. The van der Waals surface area contributed by atoms with Crippen LogP contribution in [0, 0.1) is 0 Å². The van der Waals surface area contributed by atoms with Crippen LogP contribution in [0.1, 0.15) is 38.5 Å². The van der Waals surface area contributed by atoms with Crippen LogP contribution in [0.3, 0.4) is 0 Å². The van der Waals surface area contributed by atoms with Crippen molar-refractivity contribution in [3.63, 3.8) is 0 Å². The minimum atomic E-state index is 1.14. The molecule has 0 unspecified atom stereocenters. The zero-order valence-corrected chi connectivity index (χ0v) is 7.18. The second kappa shape index (κ2) is 6.47. The van der Waals surface area contributed by atoms with Crippen molar-refractivity contribution in [1.82, 2.24) is 5.23 Å². The van der Waals surface area contributed by atoms with Crippen LogP contribution in [-0.2, 0) is 0 Å². The normalized spacial score (nSPS) is 24.7. The summed E-state index contributed by atoms with van der Waals surface area (Å²) in [4.78, 5) is 0. The second-order valence-corrected chi connectivity index (χ2v) is 3.11. The Bertz CT molecular complexity index is 100. The quantitative estimate of drug-likeness (QED) is 0.521. The molecule has 0 fully saturated rings. The molecule has 0 bridgehead atoms. The zero-order valence-electron chi connectivity index (χ0n) is 7.18. The maximum absolute atomic E-state index is 3.27. The monoisotopic (exact) mass is 150 g/mol. The van der Waals surface area contributed by atoms with Gasteiger partial charge in [-0.1, -0.05) is 25.3 Å². The fraction of sp³-hybridized carbons (Fsp3) is 0.778. The molecule has 0 aromatic rings. The summed E-state index contributed by atoms with van der Waals surface area (Å²) in [6.07, 6.45) is 10.4. The molecule has 1 aliphatic heterocycles. The molecule has 1 rings (SSSR count). The van der Waals surface area contributed by atoms with Crippen molar-refractivity contribution in [3.05, 3.63) is 12.1 Å². The fourth-order valence-electron chi connectivity index (χ4n) is 1.34. The minimum absolute atomic E-state index is 1.14. The molecule has 0 amide bonds. The molecule has 0 aromatic heterocycles. The van der Waals surface area contributed by atoms with Gasteiger partial charge in [0.1, 0.15) is 0 Å². The first-order valence-corrected chi connectivity index (χ1v) is 4.72. The Morgan fingerprint density at radius 2 is 1.82 bits per heavy atom. The molecule has 2 heteroatoms. The van der Waals surface area contributed by atoms with Crippen molar-refractivity contribution in [3.8, 4) is 0 Å². The third-order valence-corrected chi connectivity index (χ3v) is 2.04. The van der Waals surface area contributed by atoms with Gasteiger partial charge in [0.25, 0.3) is 0 Å². The molecule has 1 N–H and O–H groups in total. The summed E-state index contributed by atoms with van der Waals surface area (Å²) in [5, 5.41) is 3.27. The third-order valence-electron chi connectivity index (χ3n) is 2.04. The average molecular weight is 150 g/mol. The lowest BCUT2D eigenvalue weighted by Crippen LogP contribution is -2.18. The summed E-state index contributed by atoms with van der Waals surface area (Å²) < 4.78 is 0. The topological polar surface area (TPSA) is 12.0 Å². The summed E-state index contributed by atoms with van der Waals surface area (Å²) in [6.45, 7) is 1.14. The number of hydrogen-bond donors (Lipinski definition) is 1. The molecule has 0 saturated carbocycles. The van der Waals surface area contributed by atoms with Crippen LogP contribution < -0.4 is 5.23 Å². The van der Waals surface area contributed by atoms with Gasteiger partial charge in [-0.05, 0) is 25.8 Å². The van der Waals surface area contributed by atoms with Crippen LogP contribution in [0.4, 0.5) is 0 Å². The molecule has 0 atom stereocenters. The van der Waals surface area contributed by atoms with Crippen LogP contribution in [0.5, 0.6) is 0 Å². The Labute approximate surface area is 70.5 Å². The smallest absolute Gasteiger partial charge is 0.236 e. The molecule has 11 heavy (non-hydrogen) atoms. The van der Waals surface area contributed by atoms with Gasteiger partial charge in [-0.25, -0.2) is 0 Å². The average Bonchev–Trinajstić information content (AvgIpc) is 2.08. The van der Waals surface area contributed by atoms with E-state index in [0.717, 1.165) is 6.54 Å². The van der Waals surface area contributed by atoms with Gasteiger partial charge in [0, 0.05) is 0 Å².